The Morgan fingerprint density at radius 1 is 1.35 bits per heavy atom. The molecule has 0 aromatic heterocycles. The maximum atomic E-state index is 12.4. The predicted molar refractivity (Wildman–Crippen MR) is 69.2 cm³/mol. The molecule has 102 valence electrons. The lowest BCUT2D eigenvalue weighted by Crippen LogP contribution is -2.40. The van der Waals surface area contributed by atoms with E-state index in [9.17, 15) is 14.4 Å². The SMILES string of the molecule is NNC(=O)c1ccc2c(c1)OC1(C=CC(=O)CC1)C2=O. The smallest absolute Gasteiger partial charge is 0.265 e. The molecule has 0 bridgehead atoms. The van der Waals surface area contributed by atoms with Gasteiger partial charge in [-0.25, -0.2) is 5.84 Å². The first-order chi connectivity index (χ1) is 9.55. The number of allylic oxidation sites excluding steroid dienone is 1. The van der Waals surface area contributed by atoms with E-state index in [0.29, 0.717) is 23.3 Å². The molecule has 6 heteroatoms. The second-order valence-electron chi connectivity index (χ2n) is 4.80. The Balaban J connectivity index is 2.00. The van der Waals surface area contributed by atoms with Crippen molar-refractivity contribution in [2.24, 2.45) is 5.84 Å². The van der Waals surface area contributed by atoms with Crippen molar-refractivity contribution in [3.05, 3.63) is 41.5 Å². The van der Waals surface area contributed by atoms with Crippen LogP contribution in [0.25, 0.3) is 0 Å². The van der Waals surface area contributed by atoms with Crippen molar-refractivity contribution in [3.63, 3.8) is 0 Å². The molecule has 1 aromatic carbocycles. The number of ketones is 2. The van der Waals surface area contributed by atoms with Crippen LogP contribution in [0.2, 0.25) is 0 Å². The number of carbonyl (C=O) groups is 3. The number of Topliss-reactive ketones (excluding diaryl/α,β-unsaturated/α-hetero) is 1. The topological polar surface area (TPSA) is 98.5 Å². The number of carbonyl (C=O) groups excluding carboxylic acids is 3. The molecular weight excluding hydrogens is 260 g/mol. The van der Waals surface area contributed by atoms with Gasteiger partial charge in [-0.1, -0.05) is 0 Å². The van der Waals surface area contributed by atoms with Gasteiger partial charge in [0.15, 0.2) is 11.4 Å². The van der Waals surface area contributed by atoms with Gasteiger partial charge in [0.2, 0.25) is 5.78 Å². The maximum Gasteiger partial charge on any atom is 0.265 e. The molecule has 0 saturated carbocycles. The van der Waals surface area contributed by atoms with E-state index in [1.807, 2.05) is 5.43 Å². The van der Waals surface area contributed by atoms with Crippen molar-refractivity contribution >= 4 is 17.5 Å². The number of nitrogen functional groups attached to an aromatic ring is 1. The summed E-state index contributed by atoms with van der Waals surface area (Å²) in [5.74, 6) is 4.75. The molecule has 20 heavy (non-hydrogen) atoms. The number of fused-ring (bicyclic) bond motifs is 1. The first-order valence-corrected chi connectivity index (χ1v) is 6.17. The second-order valence-corrected chi connectivity index (χ2v) is 4.80. The molecule has 3 rings (SSSR count). The summed E-state index contributed by atoms with van der Waals surface area (Å²) in [6.45, 7) is 0. The molecule has 1 unspecified atom stereocenters. The number of amides is 1. The zero-order valence-electron chi connectivity index (χ0n) is 10.5. The summed E-state index contributed by atoms with van der Waals surface area (Å²) in [5.41, 5.74) is 1.65. The van der Waals surface area contributed by atoms with Crippen LogP contribution < -0.4 is 16.0 Å². The molecule has 0 radical (unpaired) electrons. The molecule has 6 nitrogen and oxygen atoms in total. The summed E-state index contributed by atoms with van der Waals surface area (Å²) in [6.07, 6.45) is 3.46. The van der Waals surface area contributed by atoms with Crippen LogP contribution in [-0.4, -0.2) is 23.1 Å². The Kier molecular flexibility index (Phi) is 2.69. The Labute approximate surface area is 114 Å². The van der Waals surface area contributed by atoms with Crippen LogP contribution in [-0.2, 0) is 4.79 Å². The highest BCUT2D eigenvalue weighted by Gasteiger charge is 2.47. The van der Waals surface area contributed by atoms with Gasteiger partial charge >= 0.3 is 0 Å². The number of benzene rings is 1. The highest BCUT2D eigenvalue weighted by Crippen LogP contribution is 2.40. The monoisotopic (exact) mass is 272 g/mol. The molecule has 1 aliphatic carbocycles. The highest BCUT2D eigenvalue weighted by molar-refractivity contribution is 6.11. The fourth-order valence-electron chi connectivity index (χ4n) is 2.47. The highest BCUT2D eigenvalue weighted by atomic mass is 16.5. The molecule has 1 atom stereocenters. The molecule has 1 spiro atoms. The lowest BCUT2D eigenvalue weighted by molar-refractivity contribution is -0.115. The minimum Gasteiger partial charge on any atom is -0.474 e. The second kappa shape index (κ2) is 4.28. The van der Waals surface area contributed by atoms with Gasteiger partial charge in [0.25, 0.3) is 5.91 Å². The molecule has 3 N–H and O–H groups in total. The first kappa shape index (κ1) is 12.6. The summed E-state index contributed by atoms with van der Waals surface area (Å²) in [5, 5.41) is 0. The third-order valence-electron chi connectivity index (χ3n) is 3.58. The number of hydrazine groups is 1. The lowest BCUT2D eigenvalue weighted by atomic mass is 9.85. The minimum absolute atomic E-state index is 0.0221. The molecule has 0 saturated heterocycles. The lowest BCUT2D eigenvalue weighted by Gasteiger charge is -2.25. The van der Waals surface area contributed by atoms with Crippen LogP contribution in [0.4, 0.5) is 0 Å². The van der Waals surface area contributed by atoms with Crippen molar-refractivity contribution in [2.45, 2.75) is 18.4 Å². The van der Waals surface area contributed by atoms with Crippen molar-refractivity contribution < 1.29 is 19.1 Å². The molecule has 1 amide bonds. The fourth-order valence-corrected chi connectivity index (χ4v) is 2.47. The van der Waals surface area contributed by atoms with E-state index in [1.54, 1.807) is 6.07 Å². The number of rotatable bonds is 1. The van der Waals surface area contributed by atoms with Gasteiger partial charge in [-0.05, 0) is 30.4 Å². The Morgan fingerprint density at radius 2 is 2.15 bits per heavy atom. The molecule has 1 heterocycles. The third kappa shape index (κ3) is 1.73. The van der Waals surface area contributed by atoms with Crippen LogP contribution in [0.1, 0.15) is 33.6 Å². The van der Waals surface area contributed by atoms with Crippen LogP contribution in [0.3, 0.4) is 0 Å². The van der Waals surface area contributed by atoms with Gasteiger partial charge in [-0.15, -0.1) is 0 Å². The van der Waals surface area contributed by atoms with E-state index in [4.69, 9.17) is 10.6 Å². The molecule has 1 aromatic rings. The van der Waals surface area contributed by atoms with Crippen molar-refractivity contribution in [3.8, 4) is 5.75 Å². The maximum absolute atomic E-state index is 12.4. The summed E-state index contributed by atoms with van der Waals surface area (Å²) in [7, 11) is 0. The molecule has 0 fully saturated rings. The van der Waals surface area contributed by atoms with Crippen LogP contribution in [0, 0.1) is 0 Å². The number of hydrogen-bond donors (Lipinski definition) is 2. The summed E-state index contributed by atoms with van der Waals surface area (Å²) >= 11 is 0. The molecule has 1 aliphatic heterocycles. The van der Waals surface area contributed by atoms with Crippen molar-refractivity contribution in [1.82, 2.24) is 5.43 Å². The summed E-state index contributed by atoms with van der Waals surface area (Å²) in [6, 6.07) is 4.54. The molecular formula is C14H12N2O4. The zero-order chi connectivity index (χ0) is 14.3. The number of hydrogen-bond acceptors (Lipinski definition) is 5. The van der Waals surface area contributed by atoms with Gasteiger partial charge in [0.05, 0.1) is 5.56 Å². The largest absolute Gasteiger partial charge is 0.474 e. The van der Waals surface area contributed by atoms with E-state index >= 15 is 0 Å². The number of ether oxygens (including phenoxy) is 1. The predicted octanol–water partition coefficient (Wildman–Crippen LogP) is 0.523. The van der Waals surface area contributed by atoms with E-state index in [-0.39, 0.29) is 18.0 Å². The Bertz CT molecular complexity index is 665. The average molecular weight is 272 g/mol. The van der Waals surface area contributed by atoms with Gasteiger partial charge < -0.3 is 4.74 Å². The third-order valence-corrected chi connectivity index (χ3v) is 3.58. The van der Waals surface area contributed by atoms with Gasteiger partial charge in [-0.2, -0.15) is 0 Å². The van der Waals surface area contributed by atoms with Gasteiger partial charge in [0, 0.05) is 18.4 Å². The van der Waals surface area contributed by atoms with Crippen LogP contribution >= 0.6 is 0 Å². The van der Waals surface area contributed by atoms with E-state index in [2.05, 4.69) is 0 Å². The Morgan fingerprint density at radius 3 is 2.80 bits per heavy atom. The number of nitrogens with two attached hydrogens (primary N) is 1. The first-order valence-electron chi connectivity index (χ1n) is 6.17. The van der Waals surface area contributed by atoms with E-state index in [0.717, 1.165) is 0 Å². The van der Waals surface area contributed by atoms with Crippen molar-refractivity contribution in [2.75, 3.05) is 0 Å². The van der Waals surface area contributed by atoms with Crippen molar-refractivity contribution in [1.29, 1.82) is 0 Å². The quantitative estimate of drug-likeness (QED) is 0.441. The van der Waals surface area contributed by atoms with Crippen LogP contribution in [0.15, 0.2) is 30.4 Å². The standard InChI is InChI=1S/C14H12N2O4/c15-16-13(19)8-1-2-10-11(7-8)20-14(12(10)18)5-3-9(17)4-6-14/h1-3,5,7H,4,6,15H2,(H,16,19). The summed E-state index contributed by atoms with van der Waals surface area (Å²) < 4.78 is 5.72. The minimum atomic E-state index is -1.10. The van der Waals surface area contributed by atoms with E-state index < -0.39 is 11.5 Å². The van der Waals surface area contributed by atoms with Gasteiger partial charge in [-0.3, -0.25) is 19.8 Å². The normalized spacial score (nSPS) is 23.6. The van der Waals surface area contributed by atoms with E-state index in [1.165, 1.54) is 24.3 Å². The zero-order valence-corrected chi connectivity index (χ0v) is 10.5. The fraction of sp³-hybridized carbons (Fsp3) is 0.214. The van der Waals surface area contributed by atoms with Crippen LogP contribution in [0.5, 0.6) is 5.75 Å². The summed E-state index contributed by atoms with van der Waals surface area (Å²) in [4.78, 5) is 35.1. The Hall–Kier alpha value is -2.47. The molecule has 2 aliphatic rings. The average Bonchev–Trinajstić information content (AvgIpc) is 2.74. The van der Waals surface area contributed by atoms with Gasteiger partial charge in [0.1, 0.15) is 5.75 Å². The number of nitrogens with one attached hydrogen (secondary N) is 1.